The number of amides is 1. The molecule has 1 saturated heterocycles. The molecule has 1 aromatic heterocycles. The topological polar surface area (TPSA) is 67.7 Å². The maximum absolute atomic E-state index is 13.0. The Morgan fingerprint density at radius 2 is 1.76 bits per heavy atom. The average molecular weight is 461 g/mol. The van der Waals surface area contributed by atoms with E-state index in [1.54, 1.807) is 0 Å². The number of aromatic nitrogens is 2. The van der Waals surface area contributed by atoms with Crippen LogP contribution in [-0.2, 0) is 17.8 Å². The fourth-order valence-electron chi connectivity index (χ4n) is 4.73. The van der Waals surface area contributed by atoms with Gasteiger partial charge in [-0.05, 0) is 49.6 Å². The van der Waals surface area contributed by atoms with Crippen LogP contribution in [0.1, 0.15) is 43.6 Å². The second kappa shape index (κ2) is 9.97. The zero-order chi connectivity index (χ0) is 23.5. The van der Waals surface area contributed by atoms with Gasteiger partial charge in [0.25, 0.3) is 5.56 Å². The summed E-state index contributed by atoms with van der Waals surface area (Å²) in [6, 6.07) is 16.0. The number of carbonyl (C=O) groups excluding carboxylic acids is 1. The fourth-order valence-corrected chi connectivity index (χ4v) is 4.73. The summed E-state index contributed by atoms with van der Waals surface area (Å²) in [7, 11) is 0. The molecule has 5 rings (SSSR count). The molecule has 2 aromatic carbocycles. The first-order valence-electron chi connectivity index (χ1n) is 12.3. The van der Waals surface area contributed by atoms with Crippen LogP contribution < -0.4 is 10.3 Å². The number of hydrogen-bond acceptors (Lipinski definition) is 5. The van der Waals surface area contributed by atoms with Gasteiger partial charge in [0.05, 0.1) is 17.5 Å². The van der Waals surface area contributed by atoms with Gasteiger partial charge in [0.1, 0.15) is 11.6 Å². The first kappa shape index (κ1) is 22.6. The highest BCUT2D eigenvalue weighted by Crippen LogP contribution is 2.35. The maximum atomic E-state index is 13.0. The summed E-state index contributed by atoms with van der Waals surface area (Å²) in [4.78, 5) is 35.1. The van der Waals surface area contributed by atoms with Crippen LogP contribution in [0.2, 0.25) is 0 Å². The molecular weight excluding hydrogens is 428 g/mol. The fraction of sp³-hybridized carbons (Fsp3) is 0.444. The molecule has 2 heterocycles. The van der Waals surface area contributed by atoms with Crippen molar-refractivity contribution in [2.75, 3.05) is 32.8 Å². The van der Waals surface area contributed by atoms with E-state index >= 15 is 0 Å². The van der Waals surface area contributed by atoms with Gasteiger partial charge in [0.15, 0.2) is 0 Å². The third-order valence-electron chi connectivity index (χ3n) is 6.72. The van der Waals surface area contributed by atoms with E-state index in [0.717, 1.165) is 62.7 Å². The molecule has 1 aliphatic heterocycles. The Bertz CT molecular complexity index is 1210. The number of aryl methyl sites for hydroxylation is 1. The second-order valence-corrected chi connectivity index (χ2v) is 9.19. The molecule has 1 saturated carbocycles. The molecule has 34 heavy (non-hydrogen) atoms. The molecule has 1 amide bonds. The molecule has 3 aromatic rings. The van der Waals surface area contributed by atoms with E-state index in [-0.39, 0.29) is 17.5 Å². The maximum Gasteiger partial charge on any atom is 0.261 e. The van der Waals surface area contributed by atoms with Gasteiger partial charge in [0, 0.05) is 51.6 Å². The van der Waals surface area contributed by atoms with Crippen molar-refractivity contribution in [3.8, 4) is 5.75 Å². The summed E-state index contributed by atoms with van der Waals surface area (Å²) in [5.74, 6) is 1.79. The molecule has 0 radical (unpaired) electrons. The quantitative estimate of drug-likeness (QED) is 0.515. The number of benzene rings is 2. The third kappa shape index (κ3) is 4.99. The van der Waals surface area contributed by atoms with Gasteiger partial charge >= 0.3 is 0 Å². The number of rotatable bonds is 8. The molecule has 7 heteroatoms. The van der Waals surface area contributed by atoms with Crippen molar-refractivity contribution in [2.24, 2.45) is 0 Å². The molecule has 0 bridgehead atoms. The van der Waals surface area contributed by atoms with Crippen LogP contribution in [0.3, 0.4) is 0 Å². The Hall–Kier alpha value is -3.19. The predicted molar refractivity (Wildman–Crippen MR) is 132 cm³/mol. The van der Waals surface area contributed by atoms with Gasteiger partial charge in [0.2, 0.25) is 5.91 Å². The van der Waals surface area contributed by atoms with E-state index in [2.05, 4.69) is 17.0 Å². The average Bonchev–Trinajstić information content (AvgIpc) is 3.70. The lowest BCUT2D eigenvalue weighted by atomic mass is 10.1. The van der Waals surface area contributed by atoms with E-state index in [1.165, 1.54) is 5.56 Å². The molecule has 0 atom stereocenters. The monoisotopic (exact) mass is 460 g/mol. The standard InChI is InChI=1S/C27H32N4O3/c1-2-34-22-11-7-20(8-12-22)19-29-15-17-30(18-16-29)26(32)14-13-25-28-24-6-4-3-5-23(24)27(33)31(25)21-9-10-21/h3-8,11-12,21H,2,9-10,13-19H2,1H3. The highest BCUT2D eigenvalue weighted by atomic mass is 16.5. The molecular formula is C27H32N4O3. The van der Waals surface area contributed by atoms with E-state index in [0.29, 0.717) is 24.8 Å². The van der Waals surface area contributed by atoms with Crippen molar-refractivity contribution in [3.63, 3.8) is 0 Å². The molecule has 0 unspecified atom stereocenters. The normalized spacial score (nSPS) is 16.7. The molecule has 0 spiro atoms. The van der Waals surface area contributed by atoms with E-state index in [1.807, 2.05) is 52.8 Å². The van der Waals surface area contributed by atoms with Crippen molar-refractivity contribution < 1.29 is 9.53 Å². The lowest BCUT2D eigenvalue weighted by Gasteiger charge is -2.35. The molecule has 1 aliphatic carbocycles. The molecule has 7 nitrogen and oxygen atoms in total. The minimum atomic E-state index is 0.0263. The number of piperazine rings is 1. The zero-order valence-electron chi connectivity index (χ0n) is 19.8. The SMILES string of the molecule is CCOc1ccc(CN2CCN(C(=O)CCc3nc4ccccc4c(=O)n3C3CC3)CC2)cc1. The van der Waals surface area contributed by atoms with Crippen LogP contribution in [0, 0.1) is 0 Å². The van der Waals surface area contributed by atoms with Crippen molar-refractivity contribution in [3.05, 3.63) is 70.3 Å². The van der Waals surface area contributed by atoms with Crippen molar-refractivity contribution in [2.45, 2.75) is 45.2 Å². The highest BCUT2D eigenvalue weighted by molar-refractivity contribution is 5.78. The zero-order valence-corrected chi connectivity index (χ0v) is 19.8. The van der Waals surface area contributed by atoms with Crippen molar-refractivity contribution in [1.82, 2.24) is 19.4 Å². The Labute approximate surface area is 200 Å². The van der Waals surface area contributed by atoms with Gasteiger partial charge in [-0.3, -0.25) is 19.1 Å². The van der Waals surface area contributed by atoms with E-state index in [4.69, 9.17) is 9.72 Å². The van der Waals surface area contributed by atoms with Gasteiger partial charge in [-0.1, -0.05) is 24.3 Å². The van der Waals surface area contributed by atoms with Gasteiger partial charge < -0.3 is 9.64 Å². The third-order valence-corrected chi connectivity index (χ3v) is 6.72. The minimum Gasteiger partial charge on any atom is -0.494 e. The summed E-state index contributed by atoms with van der Waals surface area (Å²) in [5, 5.41) is 0.660. The van der Waals surface area contributed by atoms with Crippen molar-refractivity contribution >= 4 is 16.8 Å². The second-order valence-electron chi connectivity index (χ2n) is 9.19. The molecule has 2 aliphatic rings. The van der Waals surface area contributed by atoms with Gasteiger partial charge in [-0.15, -0.1) is 0 Å². The molecule has 0 N–H and O–H groups in total. The van der Waals surface area contributed by atoms with Crippen molar-refractivity contribution in [1.29, 1.82) is 0 Å². The number of carbonyl (C=O) groups is 1. The van der Waals surface area contributed by atoms with E-state index < -0.39 is 0 Å². The summed E-state index contributed by atoms with van der Waals surface area (Å²) in [6.07, 6.45) is 2.91. The number of para-hydroxylation sites is 1. The number of hydrogen-bond donors (Lipinski definition) is 0. The van der Waals surface area contributed by atoms with Crippen LogP contribution in [0.15, 0.2) is 53.3 Å². The molecule has 178 valence electrons. The number of ether oxygens (including phenoxy) is 1. The predicted octanol–water partition coefficient (Wildman–Crippen LogP) is 3.41. The van der Waals surface area contributed by atoms with Gasteiger partial charge in [-0.25, -0.2) is 4.98 Å². The largest absolute Gasteiger partial charge is 0.494 e. The number of fused-ring (bicyclic) bond motifs is 1. The smallest absolute Gasteiger partial charge is 0.261 e. The van der Waals surface area contributed by atoms with Crippen LogP contribution in [0.25, 0.3) is 10.9 Å². The molecule has 2 fully saturated rings. The minimum absolute atomic E-state index is 0.0263. The first-order valence-corrected chi connectivity index (χ1v) is 12.3. The highest BCUT2D eigenvalue weighted by Gasteiger charge is 2.29. The van der Waals surface area contributed by atoms with Crippen LogP contribution in [0.5, 0.6) is 5.75 Å². The number of nitrogens with zero attached hydrogens (tertiary/aromatic N) is 4. The Balaban J connectivity index is 1.17. The Morgan fingerprint density at radius 3 is 2.47 bits per heavy atom. The lowest BCUT2D eigenvalue weighted by Crippen LogP contribution is -2.48. The first-order chi connectivity index (χ1) is 16.6. The van der Waals surface area contributed by atoms with Crippen LogP contribution in [-0.4, -0.2) is 58.0 Å². The summed E-state index contributed by atoms with van der Waals surface area (Å²) in [5.41, 5.74) is 2.00. The Kier molecular flexibility index (Phi) is 6.63. The Morgan fingerprint density at radius 1 is 1.03 bits per heavy atom. The van der Waals surface area contributed by atoms with Crippen LogP contribution >= 0.6 is 0 Å². The van der Waals surface area contributed by atoms with E-state index in [9.17, 15) is 9.59 Å². The summed E-state index contributed by atoms with van der Waals surface area (Å²) >= 11 is 0. The summed E-state index contributed by atoms with van der Waals surface area (Å²) in [6.45, 7) is 6.72. The summed E-state index contributed by atoms with van der Waals surface area (Å²) < 4.78 is 7.35. The lowest BCUT2D eigenvalue weighted by molar-refractivity contribution is -0.133. The van der Waals surface area contributed by atoms with Gasteiger partial charge in [-0.2, -0.15) is 0 Å². The van der Waals surface area contributed by atoms with Crippen LogP contribution in [0.4, 0.5) is 0 Å².